The fourth-order valence-electron chi connectivity index (χ4n) is 0.584. The molecule has 5 nitrogen and oxygen atoms in total. The van der Waals surface area contributed by atoms with Gasteiger partial charge in [0, 0.05) is 19.8 Å². The molecule has 1 aliphatic rings. The molecule has 1 heterocycles. The highest BCUT2D eigenvalue weighted by atomic mass is 16.5. The summed E-state index contributed by atoms with van der Waals surface area (Å²) in [6.07, 6.45) is -0.711. The van der Waals surface area contributed by atoms with Gasteiger partial charge in [-0.25, -0.2) is 4.79 Å². The zero-order valence-electron chi connectivity index (χ0n) is 6.72. The Bertz CT molecular complexity index is 96.4. The lowest BCUT2D eigenvalue weighted by Gasteiger charge is -1.89. The van der Waals surface area contributed by atoms with Crippen LogP contribution in [0.1, 0.15) is 6.92 Å². The summed E-state index contributed by atoms with van der Waals surface area (Å²) in [5, 5.41) is 6.22. The molecule has 4 N–H and O–H groups in total. The summed E-state index contributed by atoms with van der Waals surface area (Å²) in [5.41, 5.74) is 4.54. The van der Waals surface area contributed by atoms with Crippen molar-refractivity contribution in [2.24, 2.45) is 5.73 Å². The van der Waals surface area contributed by atoms with Crippen LogP contribution in [0.4, 0.5) is 4.79 Å². The molecule has 0 spiro atoms. The van der Waals surface area contributed by atoms with Crippen LogP contribution in [-0.4, -0.2) is 32.5 Å². The third-order valence-corrected chi connectivity index (χ3v) is 1.02. The smallest absolute Gasteiger partial charge is 0.404 e. The maximum atomic E-state index is 9.60. The van der Waals surface area contributed by atoms with Gasteiger partial charge in [0.15, 0.2) is 0 Å². The Hall–Kier alpha value is -0.810. The topological polar surface area (TPSA) is 76.4 Å². The molecule has 1 fully saturated rings. The number of hydrogen-bond acceptors (Lipinski definition) is 4. The molecule has 0 saturated carbocycles. The number of primary amides is 1. The molecule has 1 amide bonds. The maximum Gasteiger partial charge on any atom is 0.404 e. The van der Waals surface area contributed by atoms with Crippen LogP contribution in [0, 0.1) is 0 Å². The van der Waals surface area contributed by atoms with Gasteiger partial charge in [-0.1, -0.05) is 0 Å². The van der Waals surface area contributed by atoms with E-state index in [-0.39, 0.29) is 0 Å². The van der Waals surface area contributed by atoms with Crippen molar-refractivity contribution >= 4 is 6.09 Å². The Labute approximate surface area is 66.3 Å². The van der Waals surface area contributed by atoms with Crippen molar-refractivity contribution in [1.29, 1.82) is 0 Å². The standard InChI is InChI=1S/C3H8N2.C3H7NO2/c1-2-5-3-4-1;1-2-6-3(4)5/h4-5H,1-3H2;2H2,1H3,(H2,4,5). The molecule has 1 aliphatic heterocycles. The van der Waals surface area contributed by atoms with Crippen LogP contribution in [0.5, 0.6) is 0 Å². The predicted molar refractivity (Wildman–Crippen MR) is 42.1 cm³/mol. The van der Waals surface area contributed by atoms with Gasteiger partial charge in [-0.2, -0.15) is 0 Å². The van der Waals surface area contributed by atoms with Gasteiger partial charge >= 0.3 is 6.09 Å². The van der Waals surface area contributed by atoms with Crippen molar-refractivity contribution in [3.63, 3.8) is 0 Å². The van der Waals surface area contributed by atoms with E-state index in [0.29, 0.717) is 6.61 Å². The van der Waals surface area contributed by atoms with Crippen LogP contribution < -0.4 is 16.4 Å². The maximum absolute atomic E-state index is 9.60. The molecule has 1 rings (SSSR count). The Kier molecular flexibility index (Phi) is 6.76. The van der Waals surface area contributed by atoms with Crippen LogP contribution >= 0.6 is 0 Å². The number of amides is 1. The average molecular weight is 161 g/mol. The Morgan fingerprint density at radius 2 is 2.09 bits per heavy atom. The van der Waals surface area contributed by atoms with Crippen molar-refractivity contribution in [2.45, 2.75) is 6.92 Å². The van der Waals surface area contributed by atoms with Gasteiger partial charge in [0.2, 0.25) is 0 Å². The normalized spacial score (nSPS) is 15.0. The lowest BCUT2D eigenvalue weighted by Crippen LogP contribution is -2.11. The van der Waals surface area contributed by atoms with Crippen molar-refractivity contribution < 1.29 is 9.53 Å². The Morgan fingerprint density at radius 1 is 1.55 bits per heavy atom. The van der Waals surface area contributed by atoms with E-state index in [1.54, 1.807) is 6.92 Å². The minimum absolute atomic E-state index is 0.356. The molecule has 0 aromatic rings. The molecule has 0 bridgehead atoms. The highest BCUT2D eigenvalue weighted by Gasteiger charge is 1.90. The number of nitrogens with one attached hydrogen (secondary N) is 2. The molecule has 0 atom stereocenters. The quantitative estimate of drug-likeness (QED) is 0.472. The summed E-state index contributed by atoms with van der Waals surface area (Å²) in [6, 6.07) is 0. The number of carbonyl (C=O) groups is 1. The monoisotopic (exact) mass is 161 g/mol. The van der Waals surface area contributed by atoms with E-state index in [1.165, 1.54) is 0 Å². The van der Waals surface area contributed by atoms with E-state index in [4.69, 9.17) is 0 Å². The first-order chi connectivity index (χ1) is 5.27. The van der Waals surface area contributed by atoms with E-state index in [0.717, 1.165) is 19.8 Å². The number of carbonyl (C=O) groups excluding carboxylic acids is 1. The average Bonchev–Trinajstić information content (AvgIpc) is 2.41. The van der Waals surface area contributed by atoms with Crippen LogP contribution in [0.15, 0.2) is 0 Å². The van der Waals surface area contributed by atoms with E-state index in [1.807, 2.05) is 0 Å². The van der Waals surface area contributed by atoms with Gasteiger partial charge in [-0.3, -0.25) is 0 Å². The number of hydrogen-bond donors (Lipinski definition) is 3. The number of rotatable bonds is 1. The van der Waals surface area contributed by atoms with Crippen molar-refractivity contribution in [3.8, 4) is 0 Å². The van der Waals surface area contributed by atoms with E-state index >= 15 is 0 Å². The first kappa shape index (κ1) is 10.2. The summed E-state index contributed by atoms with van der Waals surface area (Å²) in [7, 11) is 0. The van der Waals surface area contributed by atoms with Crippen LogP contribution in [0.3, 0.4) is 0 Å². The van der Waals surface area contributed by atoms with Gasteiger partial charge in [-0.05, 0) is 6.92 Å². The molecule has 0 aliphatic carbocycles. The minimum atomic E-state index is -0.711. The van der Waals surface area contributed by atoms with Gasteiger partial charge in [-0.15, -0.1) is 0 Å². The molecular formula is C6H15N3O2. The fourth-order valence-corrected chi connectivity index (χ4v) is 0.584. The molecular weight excluding hydrogens is 146 g/mol. The van der Waals surface area contributed by atoms with Crippen LogP contribution in [0.25, 0.3) is 0 Å². The molecule has 0 aromatic heterocycles. The summed E-state index contributed by atoms with van der Waals surface area (Å²) in [6.45, 7) is 5.33. The Morgan fingerprint density at radius 3 is 2.18 bits per heavy atom. The first-order valence-corrected chi connectivity index (χ1v) is 3.61. The SMILES string of the molecule is C1CNCN1.CCOC(N)=O. The summed E-state index contributed by atoms with van der Waals surface area (Å²) in [5.74, 6) is 0. The number of nitrogens with two attached hydrogens (primary N) is 1. The molecule has 11 heavy (non-hydrogen) atoms. The third kappa shape index (κ3) is 9.19. The van der Waals surface area contributed by atoms with E-state index in [2.05, 4.69) is 21.1 Å². The minimum Gasteiger partial charge on any atom is -0.450 e. The van der Waals surface area contributed by atoms with Crippen molar-refractivity contribution in [1.82, 2.24) is 10.6 Å². The predicted octanol–water partition coefficient (Wildman–Crippen LogP) is -0.762. The van der Waals surface area contributed by atoms with Gasteiger partial charge < -0.3 is 21.1 Å². The zero-order valence-corrected chi connectivity index (χ0v) is 6.72. The van der Waals surface area contributed by atoms with Crippen molar-refractivity contribution in [3.05, 3.63) is 0 Å². The fraction of sp³-hybridized carbons (Fsp3) is 0.833. The number of ether oxygens (including phenoxy) is 1. The van der Waals surface area contributed by atoms with Gasteiger partial charge in [0.1, 0.15) is 0 Å². The molecule has 1 saturated heterocycles. The summed E-state index contributed by atoms with van der Waals surface area (Å²) in [4.78, 5) is 9.60. The summed E-state index contributed by atoms with van der Waals surface area (Å²) >= 11 is 0. The van der Waals surface area contributed by atoms with E-state index < -0.39 is 6.09 Å². The largest absolute Gasteiger partial charge is 0.450 e. The molecule has 5 heteroatoms. The van der Waals surface area contributed by atoms with Crippen LogP contribution in [-0.2, 0) is 4.74 Å². The highest BCUT2D eigenvalue weighted by Crippen LogP contribution is 1.66. The lowest BCUT2D eigenvalue weighted by molar-refractivity contribution is 0.163. The second-order valence-electron chi connectivity index (χ2n) is 1.93. The lowest BCUT2D eigenvalue weighted by atomic mass is 10.7. The second kappa shape index (κ2) is 7.30. The Balaban J connectivity index is 0.000000183. The zero-order chi connectivity index (χ0) is 8.53. The van der Waals surface area contributed by atoms with Crippen LogP contribution in [0.2, 0.25) is 0 Å². The first-order valence-electron chi connectivity index (χ1n) is 3.61. The van der Waals surface area contributed by atoms with Gasteiger partial charge in [0.25, 0.3) is 0 Å². The third-order valence-electron chi connectivity index (χ3n) is 1.02. The second-order valence-corrected chi connectivity index (χ2v) is 1.93. The van der Waals surface area contributed by atoms with Gasteiger partial charge in [0.05, 0.1) is 6.61 Å². The van der Waals surface area contributed by atoms with E-state index in [9.17, 15) is 4.79 Å². The highest BCUT2D eigenvalue weighted by molar-refractivity contribution is 5.64. The molecule has 0 aromatic carbocycles. The molecule has 0 radical (unpaired) electrons. The molecule has 0 unspecified atom stereocenters. The molecule has 66 valence electrons. The van der Waals surface area contributed by atoms with Crippen molar-refractivity contribution in [2.75, 3.05) is 26.4 Å². The summed E-state index contributed by atoms with van der Waals surface area (Å²) < 4.78 is 4.18.